The van der Waals surface area contributed by atoms with Crippen molar-refractivity contribution in [2.24, 2.45) is 0 Å². The highest BCUT2D eigenvalue weighted by Gasteiger charge is 2.16. The number of halogens is 3. The van der Waals surface area contributed by atoms with Crippen molar-refractivity contribution < 1.29 is 13.6 Å². The van der Waals surface area contributed by atoms with Crippen LogP contribution < -0.4 is 0 Å². The summed E-state index contributed by atoms with van der Waals surface area (Å²) in [7, 11) is 0. The summed E-state index contributed by atoms with van der Waals surface area (Å²) in [5, 5.41) is 0.100. The van der Waals surface area contributed by atoms with Crippen LogP contribution in [0.2, 0.25) is 0 Å². The predicted octanol–water partition coefficient (Wildman–Crippen LogP) is 4.16. The van der Waals surface area contributed by atoms with Crippen molar-refractivity contribution >= 4 is 27.6 Å². The maximum absolute atomic E-state index is 12.8. The number of carbonyl (C=O) groups is 1. The highest BCUT2D eigenvalue weighted by molar-refractivity contribution is 6.68. The SMILES string of the molecule is O=C(Cl)c1cccc2cccc(C(F)F)c12. The molecule has 0 radical (unpaired) electrons. The van der Waals surface area contributed by atoms with Crippen molar-refractivity contribution in [2.75, 3.05) is 0 Å². The molecule has 2 rings (SSSR count). The molecule has 2 aromatic carbocycles. The van der Waals surface area contributed by atoms with Crippen molar-refractivity contribution in [3.8, 4) is 0 Å². The van der Waals surface area contributed by atoms with E-state index in [0.29, 0.717) is 5.39 Å². The van der Waals surface area contributed by atoms with Crippen molar-refractivity contribution in [1.82, 2.24) is 0 Å². The number of hydrogen-bond acceptors (Lipinski definition) is 1. The second kappa shape index (κ2) is 4.18. The maximum Gasteiger partial charge on any atom is 0.264 e. The average molecular weight is 241 g/mol. The Morgan fingerprint density at radius 3 is 2.31 bits per heavy atom. The molecule has 0 unspecified atom stereocenters. The Morgan fingerprint density at radius 1 is 1.12 bits per heavy atom. The first-order chi connectivity index (χ1) is 7.61. The molecule has 0 atom stereocenters. The Balaban J connectivity index is 2.87. The lowest BCUT2D eigenvalue weighted by Crippen LogP contribution is -1.95. The molecular formula is C12H7ClF2O. The van der Waals surface area contributed by atoms with Gasteiger partial charge in [-0.3, -0.25) is 4.79 Å². The van der Waals surface area contributed by atoms with Gasteiger partial charge in [-0.05, 0) is 23.1 Å². The number of benzene rings is 2. The minimum absolute atomic E-state index is 0.120. The molecule has 0 aromatic heterocycles. The summed E-state index contributed by atoms with van der Waals surface area (Å²) in [4.78, 5) is 11.2. The fourth-order valence-electron chi connectivity index (χ4n) is 1.72. The minimum Gasteiger partial charge on any atom is -0.276 e. The summed E-state index contributed by atoms with van der Waals surface area (Å²) >= 11 is 5.38. The summed E-state index contributed by atoms with van der Waals surface area (Å²) < 4.78 is 25.6. The highest BCUT2D eigenvalue weighted by atomic mass is 35.5. The van der Waals surface area contributed by atoms with Gasteiger partial charge in [0.05, 0.1) is 0 Å². The van der Waals surface area contributed by atoms with E-state index in [1.54, 1.807) is 18.2 Å². The Bertz CT molecular complexity index is 546. The summed E-state index contributed by atoms with van der Waals surface area (Å²) in [6, 6.07) is 9.24. The standard InChI is InChI=1S/C12H7ClF2O/c13-11(16)8-5-1-3-7-4-2-6-9(10(7)8)12(14)15/h1-6,12H. The van der Waals surface area contributed by atoms with Crippen LogP contribution in [0.15, 0.2) is 36.4 Å². The molecule has 0 N–H and O–H groups in total. The molecule has 0 aliphatic heterocycles. The monoisotopic (exact) mass is 240 g/mol. The molecule has 82 valence electrons. The third kappa shape index (κ3) is 1.78. The lowest BCUT2D eigenvalue weighted by molar-refractivity contribution is 0.108. The maximum atomic E-state index is 12.8. The first kappa shape index (κ1) is 11.0. The van der Waals surface area contributed by atoms with Gasteiger partial charge in [-0.2, -0.15) is 0 Å². The Hall–Kier alpha value is -1.48. The predicted molar refractivity (Wildman–Crippen MR) is 59.1 cm³/mol. The summed E-state index contributed by atoms with van der Waals surface area (Å²) in [5.41, 5.74) is -0.0443. The van der Waals surface area contributed by atoms with E-state index < -0.39 is 11.7 Å². The summed E-state index contributed by atoms with van der Waals surface area (Å²) in [6.07, 6.45) is -2.62. The smallest absolute Gasteiger partial charge is 0.264 e. The normalized spacial score (nSPS) is 11.0. The van der Waals surface area contributed by atoms with Crippen molar-refractivity contribution in [3.05, 3.63) is 47.5 Å². The first-order valence-electron chi connectivity index (χ1n) is 4.61. The molecule has 0 aliphatic carbocycles. The second-order valence-electron chi connectivity index (χ2n) is 3.33. The van der Waals surface area contributed by atoms with Gasteiger partial charge in [0.1, 0.15) is 0 Å². The van der Waals surface area contributed by atoms with Crippen molar-refractivity contribution in [1.29, 1.82) is 0 Å². The van der Waals surface area contributed by atoms with Gasteiger partial charge in [0.25, 0.3) is 11.7 Å². The number of fused-ring (bicyclic) bond motifs is 1. The molecule has 0 spiro atoms. The average Bonchev–Trinajstić information content (AvgIpc) is 2.27. The fourth-order valence-corrected chi connectivity index (χ4v) is 1.87. The van der Waals surface area contributed by atoms with Crippen LogP contribution in [0.3, 0.4) is 0 Å². The molecule has 2 aromatic rings. The van der Waals surface area contributed by atoms with Crippen LogP contribution in [0.4, 0.5) is 8.78 Å². The summed E-state index contributed by atoms with van der Waals surface area (Å²) in [5.74, 6) is 0. The topological polar surface area (TPSA) is 17.1 Å². The molecular weight excluding hydrogens is 234 g/mol. The first-order valence-corrected chi connectivity index (χ1v) is 4.98. The molecule has 16 heavy (non-hydrogen) atoms. The van der Waals surface area contributed by atoms with Crippen LogP contribution in [0.1, 0.15) is 22.3 Å². The molecule has 1 nitrogen and oxygen atoms in total. The van der Waals surface area contributed by atoms with E-state index >= 15 is 0 Å². The van der Waals surface area contributed by atoms with Crippen LogP contribution >= 0.6 is 11.6 Å². The molecule has 0 aliphatic rings. The minimum atomic E-state index is -2.62. The molecule has 0 saturated carbocycles. The van der Waals surface area contributed by atoms with Gasteiger partial charge in [-0.1, -0.05) is 30.3 Å². The molecule has 0 bridgehead atoms. The molecule has 4 heteroatoms. The Morgan fingerprint density at radius 2 is 1.75 bits per heavy atom. The van der Waals surface area contributed by atoms with Gasteiger partial charge < -0.3 is 0 Å². The van der Waals surface area contributed by atoms with E-state index in [1.165, 1.54) is 18.2 Å². The largest absolute Gasteiger partial charge is 0.276 e. The van der Waals surface area contributed by atoms with Gasteiger partial charge in [0.15, 0.2) is 0 Å². The van der Waals surface area contributed by atoms with Crippen molar-refractivity contribution in [2.45, 2.75) is 6.43 Å². The Kier molecular flexibility index (Phi) is 2.88. The van der Waals surface area contributed by atoms with E-state index in [9.17, 15) is 13.6 Å². The lowest BCUT2D eigenvalue weighted by atomic mass is 10.00. The van der Waals surface area contributed by atoms with Gasteiger partial charge in [-0.25, -0.2) is 8.78 Å². The van der Waals surface area contributed by atoms with Crippen molar-refractivity contribution in [3.63, 3.8) is 0 Å². The zero-order chi connectivity index (χ0) is 11.7. The lowest BCUT2D eigenvalue weighted by Gasteiger charge is -2.08. The molecule has 0 saturated heterocycles. The van der Waals surface area contributed by atoms with Gasteiger partial charge >= 0.3 is 0 Å². The van der Waals surface area contributed by atoms with E-state index in [-0.39, 0.29) is 16.5 Å². The van der Waals surface area contributed by atoms with Gasteiger partial charge in [0, 0.05) is 16.5 Å². The van der Waals surface area contributed by atoms with E-state index in [0.717, 1.165) is 0 Å². The fraction of sp³-hybridized carbons (Fsp3) is 0.0833. The van der Waals surface area contributed by atoms with E-state index in [4.69, 9.17) is 11.6 Å². The van der Waals surface area contributed by atoms with Crippen LogP contribution in [0, 0.1) is 0 Å². The zero-order valence-electron chi connectivity index (χ0n) is 8.08. The van der Waals surface area contributed by atoms with E-state index in [2.05, 4.69) is 0 Å². The van der Waals surface area contributed by atoms with Gasteiger partial charge in [-0.15, -0.1) is 0 Å². The van der Waals surface area contributed by atoms with Crippen LogP contribution in [-0.2, 0) is 0 Å². The third-order valence-electron chi connectivity index (χ3n) is 2.38. The molecule has 0 amide bonds. The highest BCUT2D eigenvalue weighted by Crippen LogP contribution is 2.30. The number of carbonyl (C=O) groups excluding carboxylic acids is 1. The molecule has 0 heterocycles. The number of rotatable bonds is 2. The van der Waals surface area contributed by atoms with Crippen LogP contribution in [0.25, 0.3) is 10.8 Å². The van der Waals surface area contributed by atoms with Crippen LogP contribution in [-0.4, -0.2) is 5.24 Å². The molecule has 0 fully saturated rings. The van der Waals surface area contributed by atoms with Gasteiger partial charge in [0.2, 0.25) is 0 Å². The third-order valence-corrected chi connectivity index (χ3v) is 2.59. The van der Waals surface area contributed by atoms with E-state index in [1.807, 2.05) is 0 Å². The number of hydrogen-bond donors (Lipinski definition) is 0. The zero-order valence-corrected chi connectivity index (χ0v) is 8.84. The van der Waals surface area contributed by atoms with Crippen LogP contribution in [0.5, 0.6) is 0 Å². The Labute approximate surface area is 95.6 Å². The second-order valence-corrected chi connectivity index (χ2v) is 3.67. The quantitative estimate of drug-likeness (QED) is 0.721. The number of alkyl halides is 2. The summed E-state index contributed by atoms with van der Waals surface area (Å²) in [6.45, 7) is 0.